The lowest BCUT2D eigenvalue weighted by atomic mass is 9.88. The van der Waals surface area contributed by atoms with Crippen molar-refractivity contribution >= 4 is 0 Å². The Bertz CT molecular complexity index is 406. The summed E-state index contributed by atoms with van der Waals surface area (Å²) in [5.74, 6) is 0.514. The van der Waals surface area contributed by atoms with Gasteiger partial charge in [0.05, 0.1) is 12.7 Å². The topological polar surface area (TPSA) is 41.5 Å². The molecule has 0 bridgehead atoms. The van der Waals surface area contributed by atoms with Crippen molar-refractivity contribution in [1.29, 1.82) is 0 Å². The molecular formula is C17H27NO2. The first kappa shape index (κ1) is 15.5. The average Bonchev–Trinajstić information content (AvgIpc) is 2.44. The molecule has 0 aliphatic heterocycles. The minimum absolute atomic E-state index is 0.375. The van der Waals surface area contributed by atoms with Crippen LogP contribution in [0.3, 0.4) is 0 Å². The summed E-state index contributed by atoms with van der Waals surface area (Å²) in [5, 5.41) is 13.4. The molecule has 3 heteroatoms. The summed E-state index contributed by atoms with van der Waals surface area (Å²) in [7, 11) is 0. The smallest absolute Gasteiger partial charge is 0.0897 e. The fourth-order valence-electron chi connectivity index (χ4n) is 2.74. The van der Waals surface area contributed by atoms with Crippen molar-refractivity contribution in [1.82, 2.24) is 5.32 Å². The van der Waals surface area contributed by atoms with Crippen LogP contribution in [0.4, 0.5) is 0 Å². The first-order chi connectivity index (χ1) is 9.66. The molecule has 1 aromatic carbocycles. The van der Waals surface area contributed by atoms with Crippen LogP contribution in [-0.4, -0.2) is 31.0 Å². The average molecular weight is 277 g/mol. The molecule has 0 heterocycles. The summed E-state index contributed by atoms with van der Waals surface area (Å²) in [6.45, 7) is 5.95. The van der Waals surface area contributed by atoms with Crippen LogP contribution in [0, 0.1) is 5.92 Å². The Hall–Kier alpha value is -0.900. The molecule has 0 saturated heterocycles. The second-order valence-corrected chi connectivity index (χ2v) is 6.14. The van der Waals surface area contributed by atoms with Gasteiger partial charge >= 0.3 is 0 Å². The number of benzene rings is 1. The Labute approximate surface area is 122 Å². The predicted molar refractivity (Wildman–Crippen MR) is 81.8 cm³/mol. The summed E-state index contributed by atoms with van der Waals surface area (Å²) in [5.41, 5.74) is 2.84. The van der Waals surface area contributed by atoms with E-state index in [9.17, 15) is 5.11 Å². The van der Waals surface area contributed by atoms with Gasteiger partial charge in [0.1, 0.15) is 0 Å². The third kappa shape index (κ3) is 4.58. The third-order valence-corrected chi connectivity index (χ3v) is 3.73. The molecule has 0 aromatic heterocycles. The molecule has 2 N–H and O–H groups in total. The normalized spacial score (nSPS) is 19.9. The molecule has 1 aromatic rings. The van der Waals surface area contributed by atoms with Crippen LogP contribution in [0.25, 0.3) is 0 Å². The molecule has 112 valence electrons. The van der Waals surface area contributed by atoms with Gasteiger partial charge in [0, 0.05) is 19.2 Å². The van der Waals surface area contributed by atoms with Crippen LogP contribution in [-0.2, 0) is 11.2 Å². The molecule has 0 saturated carbocycles. The first-order valence-electron chi connectivity index (χ1n) is 7.74. The van der Waals surface area contributed by atoms with E-state index in [1.54, 1.807) is 0 Å². The molecule has 20 heavy (non-hydrogen) atoms. The largest absolute Gasteiger partial charge is 0.389 e. The van der Waals surface area contributed by atoms with Gasteiger partial charge in [-0.3, -0.25) is 0 Å². The van der Waals surface area contributed by atoms with Crippen molar-refractivity contribution in [3.63, 3.8) is 0 Å². The highest BCUT2D eigenvalue weighted by Gasteiger charge is 2.19. The van der Waals surface area contributed by atoms with E-state index in [1.165, 1.54) is 24.0 Å². The fraction of sp³-hybridized carbons (Fsp3) is 0.647. The lowest BCUT2D eigenvalue weighted by Gasteiger charge is -2.27. The molecule has 0 radical (unpaired) electrons. The number of nitrogens with one attached hydrogen (secondary N) is 1. The van der Waals surface area contributed by atoms with E-state index in [2.05, 4.69) is 43.4 Å². The summed E-state index contributed by atoms with van der Waals surface area (Å²) in [4.78, 5) is 0. The quantitative estimate of drug-likeness (QED) is 0.805. The highest BCUT2D eigenvalue weighted by atomic mass is 16.5. The standard InChI is InChI=1S/C17H27NO2/c1-13(2)11-20-12-15(19)10-18-17-9-5-7-14-6-3-4-8-16(14)17/h3-4,6,8,13,15,17-19H,5,7,9-12H2,1-2H3. The van der Waals surface area contributed by atoms with E-state index in [0.29, 0.717) is 31.7 Å². The first-order valence-corrected chi connectivity index (χ1v) is 7.74. The molecule has 0 spiro atoms. The van der Waals surface area contributed by atoms with Crippen LogP contribution in [0.15, 0.2) is 24.3 Å². The Morgan fingerprint density at radius 3 is 2.90 bits per heavy atom. The predicted octanol–water partition coefficient (Wildman–Crippen LogP) is 2.69. The number of aliphatic hydroxyl groups is 1. The maximum absolute atomic E-state index is 9.95. The summed E-state index contributed by atoms with van der Waals surface area (Å²) in [6.07, 6.45) is 3.11. The van der Waals surface area contributed by atoms with Gasteiger partial charge < -0.3 is 15.2 Å². The second-order valence-electron chi connectivity index (χ2n) is 6.14. The minimum Gasteiger partial charge on any atom is -0.389 e. The number of aliphatic hydroxyl groups excluding tert-OH is 1. The van der Waals surface area contributed by atoms with E-state index in [4.69, 9.17) is 4.74 Å². The van der Waals surface area contributed by atoms with Crippen LogP contribution < -0.4 is 5.32 Å². The van der Waals surface area contributed by atoms with Crippen molar-refractivity contribution < 1.29 is 9.84 Å². The van der Waals surface area contributed by atoms with Crippen LogP contribution in [0.5, 0.6) is 0 Å². The molecular weight excluding hydrogens is 250 g/mol. The van der Waals surface area contributed by atoms with Gasteiger partial charge in [-0.2, -0.15) is 0 Å². The highest BCUT2D eigenvalue weighted by molar-refractivity contribution is 5.32. The van der Waals surface area contributed by atoms with E-state index in [-0.39, 0.29) is 0 Å². The number of hydrogen-bond donors (Lipinski definition) is 2. The van der Waals surface area contributed by atoms with Gasteiger partial charge in [0.2, 0.25) is 0 Å². The van der Waals surface area contributed by atoms with Crippen LogP contribution in [0.2, 0.25) is 0 Å². The number of aryl methyl sites for hydroxylation is 1. The number of rotatable bonds is 7. The zero-order valence-corrected chi connectivity index (χ0v) is 12.6. The third-order valence-electron chi connectivity index (χ3n) is 3.73. The molecule has 0 amide bonds. The van der Waals surface area contributed by atoms with Gasteiger partial charge in [-0.15, -0.1) is 0 Å². The van der Waals surface area contributed by atoms with E-state index in [0.717, 1.165) is 6.42 Å². The molecule has 2 atom stereocenters. The Morgan fingerprint density at radius 2 is 2.10 bits per heavy atom. The van der Waals surface area contributed by atoms with Crippen LogP contribution >= 0.6 is 0 Å². The number of hydrogen-bond acceptors (Lipinski definition) is 3. The second kappa shape index (κ2) is 7.77. The highest BCUT2D eigenvalue weighted by Crippen LogP contribution is 2.29. The summed E-state index contributed by atoms with van der Waals surface area (Å²) < 4.78 is 5.48. The summed E-state index contributed by atoms with van der Waals surface area (Å²) in [6, 6.07) is 9.00. The molecule has 1 aliphatic carbocycles. The molecule has 2 rings (SSSR count). The van der Waals surface area contributed by atoms with Gasteiger partial charge in [-0.25, -0.2) is 0 Å². The van der Waals surface area contributed by atoms with Gasteiger partial charge in [-0.05, 0) is 36.3 Å². The van der Waals surface area contributed by atoms with E-state index in [1.807, 2.05) is 0 Å². The van der Waals surface area contributed by atoms with Gasteiger partial charge in [0.25, 0.3) is 0 Å². The zero-order valence-electron chi connectivity index (χ0n) is 12.6. The van der Waals surface area contributed by atoms with Crippen molar-refractivity contribution in [3.8, 4) is 0 Å². The molecule has 3 nitrogen and oxygen atoms in total. The maximum Gasteiger partial charge on any atom is 0.0897 e. The van der Waals surface area contributed by atoms with Gasteiger partial charge in [0.15, 0.2) is 0 Å². The van der Waals surface area contributed by atoms with Crippen molar-refractivity contribution in [2.75, 3.05) is 19.8 Å². The van der Waals surface area contributed by atoms with Crippen LogP contribution in [0.1, 0.15) is 43.9 Å². The molecule has 0 fully saturated rings. The Kier molecular flexibility index (Phi) is 6.02. The Balaban J connectivity index is 1.77. The molecule has 2 unspecified atom stereocenters. The Morgan fingerprint density at radius 1 is 1.30 bits per heavy atom. The monoisotopic (exact) mass is 277 g/mol. The minimum atomic E-state index is -0.428. The van der Waals surface area contributed by atoms with Crippen molar-refractivity contribution in [3.05, 3.63) is 35.4 Å². The fourth-order valence-corrected chi connectivity index (χ4v) is 2.74. The SMILES string of the molecule is CC(C)COCC(O)CNC1CCCc2ccccc21. The van der Waals surface area contributed by atoms with Crippen molar-refractivity contribution in [2.24, 2.45) is 5.92 Å². The summed E-state index contributed by atoms with van der Waals surface area (Å²) >= 11 is 0. The zero-order chi connectivity index (χ0) is 14.4. The van der Waals surface area contributed by atoms with E-state index < -0.39 is 6.10 Å². The lowest BCUT2D eigenvalue weighted by Crippen LogP contribution is -2.34. The van der Waals surface area contributed by atoms with Crippen molar-refractivity contribution in [2.45, 2.75) is 45.3 Å². The number of fused-ring (bicyclic) bond motifs is 1. The maximum atomic E-state index is 9.95. The number of ether oxygens (including phenoxy) is 1. The van der Waals surface area contributed by atoms with Gasteiger partial charge in [-0.1, -0.05) is 38.1 Å². The van der Waals surface area contributed by atoms with E-state index >= 15 is 0 Å². The lowest BCUT2D eigenvalue weighted by molar-refractivity contribution is 0.0247. The molecule has 1 aliphatic rings.